The maximum atomic E-state index is 12.5. The molecule has 0 spiro atoms. The molecule has 3 rings (SSSR count). The molecule has 108 valence electrons. The molecule has 4 heteroatoms. The lowest BCUT2D eigenvalue weighted by Gasteiger charge is -2.35. The molecule has 2 unspecified atom stereocenters. The first kappa shape index (κ1) is 13.4. The fourth-order valence-electron chi connectivity index (χ4n) is 3.32. The molecule has 1 amide bonds. The second-order valence-electron chi connectivity index (χ2n) is 6.23. The van der Waals surface area contributed by atoms with E-state index in [1.807, 2.05) is 18.2 Å². The van der Waals surface area contributed by atoms with Gasteiger partial charge < -0.3 is 15.8 Å². The van der Waals surface area contributed by atoms with E-state index in [2.05, 4.69) is 12.2 Å². The number of carbonyl (C=O) groups excluding carboxylic acids is 1. The number of hydrogen-bond donors (Lipinski definition) is 2. The molecule has 0 radical (unpaired) electrons. The first-order valence-electron chi connectivity index (χ1n) is 7.43. The minimum absolute atomic E-state index is 0.0529. The van der Waals surface area contributed by atoms with Gasteiger partial charge in [0.15, 0.2) is 0 Å². The third-order valence-electron chi connectivity index (χ3n) is 4.43. The van der Waals surface area contributed by atoms with E-state index < -0.39 is 5.54 Å². The summed E-state index contributed by atoms with van der Waals surface area (Å²) in [4.78, 5) is 12.5. The van der Waals surface area contributed by atoms with E-state index in [-0.39, 0.29) is 5.91 Å². The van der Waals surface area contributed by atoms with Gasteiger partial charge in [0.1, 0.15) is 5.75 Å². The fourth-order valence-corrected chi connectivity index (χ4v) is 3.32. The molecule has 0 saturated heterocycles. The van der Waals surface area contributed by atoms with Gasteiger partial charge in [0.25, 0.3) is 0 Å². The van der Waals surface area contributed by atoms with Crippen molar-refractivity contribution in [3.05, 3.63) is 23.8 Å². The zero-order valence-electron chi connectivity index (χ0n) is 11.9. The standard InChI is InChI=1S/C16H22N2O2/c1-11-3-2-7-16(17,10-11)15(19)18-13-4-5-14-12(9-13)6-8-20-14/h4-5,9,11H,2-3,6-8,10,17H2,1H3,(H,18,19). The average molecular weight is 274 g/mol. The fraction of sp³-hybridized carbons (Fsp3) is 0.562. The van der Waals surface area contributed by atoms with Crippen LogP contribution in [0.3, 0.4) is 0 Å². The molecule has 1 saturated carbocycles. The highest BCUT2D eigenvalue weighted by molar-refractivity contribution is 5.98. The van der Waals surface area contributed by atoms with Crippen LogP contribution in [-0.2, 0) is 11.2 Å². The normalized spacial score (nSPS) is 28.6. The third-order valence-corrected chi connectivity index (χ3v) is 4.43. The Kier molecular flexibility index (Phi) is 3.42. The van der Waals surface area contributed by atoms with Gasteiger partial charge in [-0.15, -0.1) is 0 Å². The number of nitrogens with two attached hydrogens (primary N) is 1. The number of ether oxygens (including phenoxy) is 1. The maximum Gasteiger partial charge on any atom is 0.244 e. The summed E-state index contributed by atoms with van der Waals surface area (Å²) >= 11 is 0. The second-order valence-corrected chi connectivity index (χ2v) is 6.23. The Labute approximate surface area is 119 Å². The van der Waals surface area contributed by atoms with Crippen LogP contribution in [0.5, 0.6) is 5.75 Å². The number of nitrogens with one attached hydrogen (secondary N) is 1. The third kappa shape index (κ3) is 2.52. The number of benzene rings is 1. The Bertz CT molecular complexity index is 529. The lowest BCUT2D eigenvalue weighted by molar-refractivity contribution is -0.122. The molecule has 1 aliphatic carbocycles. The van der Waals surface area contributed by atoms with Crippen molar-refractivity contribution in [2.75, 3.05) is 11.9 Å². The lowest BCUT2D eigenvalue weighted by Crippen LogP contribution is -2.53. The Hall–Kier alpha value is -1.55. The summed E-state index contributed by atoms with van der Waals surface area (Å²) in [5.41, 5.74) is 7.58. The highest BCUT2D eigenvalue weighted by Crippen LogP contribution is 2.32. The summed E-state index contributed by atoms with van der Waals surface area (Å²) in [6.45, 7) is 2.89. The first-order chi connectivity index (χ1) is 9.57. The van der Waals surface area contributed by atoms with Crippen molar-refractivity contribution in [1.29, 1.82) is 0 Å². The van der Waals surface area contributed by atoms with Crippen molar-refractivity contribution in [2.45, 2.75) is 44.6 Å². The van der Waals surface area contributed by atoms with Crippen molar-refractivity contribution < 1.29 is 9.53 Å². The summed E-state index contributed by atoms with van der Waals surface area (Å²) < 4.78 is 5.47. The van der Waals surface area contributed by atoms with Crippen LogP contribution in [0.25, 0.3) is 0 Å². The van der Waals surface area contributed by atoms with Gasteiger partial charge in [-0.25, -0.2) is 0 Å². The molecule has 0 bridgehead atoms. The molecular weight excluding hydrogens is 252 g/mol. The predicted octanol–water partition coefficient (Wildman–Crippen LogP) is 2.47. The van der Waals surface area contributed by atoms with Crippen LogP contribution < -0.4 is 15.8 Å². The second kappa shape index (κ2) is 5.09. The highest BCUT2D eigenvalue weighted by Gasteiger charge is 2.38. The van der Waals surface area contributed by atoms with E-state index in [0.29, 0.717) is 5.92 Å². The summed E-state index contributed by atoms with van der Waals surface area (Å²) in [5, 5.41) is 2.98. The van der Waals surface area contributed by atoms with E-state index in [4.69, 9.17) is 10.5 Å². The minimum atomic E-state index is -0.715. The summed E-state index contributed by atoms with van der Waals surface area (Å²) in [5.74, 6) is 1.40. The Morgan fingerprint density at radius 3 is 3.15 bits per heavy atom. The van der Waals surface area contributed by atoms with Crippen LogP contribution in [0.1, 0.15) is 38.2 Å². The number of anilines is 1. The molecule has 20 heavy (non-hydrogen) atoms. The smallest absolute Gasteiger partial charge is 0.244 e. The maximum absolute atomic E-state index is 12.5. The number of amides is 1. The van der Waals surface area contributed by atoms with Gasteiger partial charge in [-0.1, -0.05) is 19.8 Å². The number of hydrogen-bond acceptors (Lipinski definition) is 3. The largest absolute Gasteiger partial charge is 0.493 e. The zero-order chi connectivity index (χ0) is 14.2. The van der Waals surface area contributed by atoms with Crippen molar-refractivity contribution in [2.24, 2.45) is 11.7 Å². The molecule has 1 aromatic rings. The number of rotatable bonds is 2. The zero-order valence-corrected chi connectivity index (χ0v) is 11.9. The molecule has 2 atom stereocenters. The quantitative estimate of drug-likeness (QED) is 0.870. The molecule has 1 aliphatic heterocycles. The molecule has 2 aliphatic rings. The van der Waals surface area contributed by atoms with Gasteiger partial charge in [-0.05, 0) is 42.5 Å². The molecule has 1 fully saturated rings. The first-order valence-corrected chi connectivity index (χ1v) is 7.43. The molecule has 1 aromatic carbocycles. The Morgan fingerprint density at radius 1 is 1.50 bits per heavy atom. The highest BCUT2D eigenvalue weighted by atomic mass is 16.5. The van der Waals surface area contributed by atoms with Gasteiger partial charge in [-0.3, -0.25) is 4.79 Å². The van der Waals surface area contributed by atoms with Crippen molar-refractivity contribution in [1.82, 2.24) is 0 Å². The molecule has 4 nitrogen and oxygen atoms in total. The topological polar surface area (TPSA) is 64.4 Å². The molecule has 3 N–H and O–H groups in total. The molecule has 1 heterocycles. The van der Waals surface area contributed by atoms with Crippen LogP contribution in [0.15, 0.2) is 18.2 Å². The van der Waals surface area contributed by atoms with Gasteiger partial charge in [0.05, 0.1) is 12.1 Å². The monoisotopic (exact) mass is 274 g/mol. The van der Waals surface area contributed by atoms with E-state index in [1.165, 1.54) is 6.42 Å². The summed E-state index contributed by atoms with van der Waals surface area (Å²) in [7, 11) is 0. The summed E-state index contributed by atoms with van der Waals surface area (Å²) in [6.07, 6.45) is 4.65. The Balaban J connectivity index is 1.72. The summed E-state index contributed by atoms with van der Waals surface area (Å²) in [6, 6.07) is 5.80. The number of fused-ring (bicyclic) bond motifs is 1. The van der Waals surface area contributed by atoms with Gasteiger partial charge >= 0.3 is 0 Å². The van der Waals surface area contributed by atoms with Gasteiger partial charge in [0, 0.05) is 12.1 Å². The van der Waals surface area contributed by atoms with E-state index >= 15 is 0 Å². The van der Waals surface area contributed by atoms with Gasteiger partial charge in [0.2, 0.25) is 5.91 Å². The number of carbonyl (C=O) groups is 1. The van der Waals surface area contributed by atoms with Crippen LogP contribution in [0.2, 0.25) is 0 Å². The van der Waals surface area contributed by atoms with E-state index in [1.54, 1.807) is 0 Å². The van der Waals surface area contributed by atoms with Crippen LogP contribution in [0.4, 0.5) is 5.69 Å². The SMILES string of the molecule is CC1CCCC(N)(C(=O)Nc2ccc3c(c2)CCO3)C1. The van der Waals surface area contributed by atoms with Crippen LogP contribution in [0, 0.1) is 5.92 Å². The molecule has 0 aromatic heterocycles. The van der Waals surface area contributed by atoms with Crippen LogP contribution in [-0.4, -0.2) is 18.1 Å². The predicted molar refractivity (Wildman–Crippen MR) is 78.8 cm³/mol. The molecular formula is C16H22N2O2. The van der Waals surface area contributed by atoms with Gasteiger partial charge in [-0.2, -0.15) is 0 Å². The average Bonchev–Trinajstić information content (AvgIpc) is 2.85. The lowest BCUT2D eigenvalue weighted by atomic mass is 9.76. The minimum Gasteiger partial charge on any atom is -0.493 e. The van der Waals surface area contributed by atoms with Crippen molar-refractivity contribution in [3.63, 3.8) is 0 Å². The van der Waals surface area contributed by atoms with Crippen LogP contribution >= 0.6 is 0 Å². The van der Waals surface area contributed by atoms with Crippen molar-refractivity contribution >= 4 is 11.6 Å². The Morgan fingerprint density at radius 2 is 2.35 bits per heavy atom. The van der Waals surface area contributed by atoms with Crippen molar-refractivity contribution in [3.8, 4) is 5.75 Å². The van der Waals surface area contributed by atoms with E-state index in [9.17, 15) is 4.79 Å². The van der Waals surface area contributed by atoms with E-state index in [0.717, 1.165) is 49.3 Å².